The van der Waals surface area contributed by atoms with Gasteiger partial charge in [0.1, 0.15) is 11.9 Å². The SMILES string of the molecule is CC(COCc1cc(F)cc([N+](=O)[O-])c1)OC(N)=O. The number of primary amides is 1. The van der Waals surface area contributed by atoms with E-state index in [1.165, 1.54) is 6.07 Å². The number of benzene rings is 1. The fraction of sp³-hybridized carbons (Fsp3) is 0.364. The molecule has 1 aromatic rings. The minimum atomic E-state index is -0.919. The number of amides is 1. The van der Waals surface area contributed by atoms with Gasteiger partial charge in [-0.05, 0) is 18.6 Å². The van der Waals surface area contributed by atoms with Crippen molar-refractivity contribution in [3.8, 4) is 0 Å². The van der Waals surface area contributed by atoms with Gasteiger partial charge in [-0.25, -0.2) is 9.18 Å². The molecule has 0 aromatic heterocycles. The average Bonchev–Trinajstić information content (AvgIpc) is 2.27. The lowest BCUT2D eigenvalue weighted by molar-refractivity contribution is -0.385. The van der Waals surface area contributed by atoms with E-state index in [0.717, 1.165) is 12.1 Å². The number of hydrogen-bond acceptors (Lipinski definition) is 5. The molecule has 0 radical (unpaired) electrons. The van der Waals surface area contributed by atoms with Crippen LogP contribution in [0.3, 0.4) is 0 Å². The third-order valence-corrected chi connectivity index (χ3v) is 2.09. The molecule has 104 valence electrons. The molecule has 0 aliphatic carbocycles. The summed E-state index contributed by atoms with van der Waals surface area (Å²) in [6.07, 6.45) is -1.47. The Bertz CT molecular complexity index is 480. The highest BCUT2D eigenvalue weighted by atomic mass is 19.1. The number of ether oxygens (including phenoxy) is 2. The van der Waals surface area contributed by atoms with Gasteiger partial charge in [-0.3, -0.25) is 10.1 Å². The maximum absolute atomic E-state index is 13.1. The van der Waals surface area contributed by atoms with Crippen molar-refractivity contribution in [1.29, 1.82) is 0 Å². The van der Waals surface area contributed by atoms with Crippen molar-refractivity contribution < 1.29 is 23.6 Å². The minimum absolute atomic E-state index is 0.0366. The summed E-state index contributed by atoms with van der Waals surface area (Å²) >= 11 is 0. The van der Waals surface area contributed by atoms with E-state index in [0.29, 0.717) is 5.56 Å². The van der Waals surface area contributed by atoms with Crippen molar-refractivity contribution in [1.82, 2.24) is 0 Å². The Morgan fingerprint density at radius 2 is 2.21 bits per heavy atom. The third kappa shape index (κ3) is 5.30. The van der Waals surface area contributed by atoms with Gasteiger partial charge in [-0.15, -0.1) is 0 Å². The molecule has 1 aromatic carbocycles. The van der Waals surface area contributed by atoms with E-state index in [-0.39, 0.29) is 18.9 Å². The Labute approximate surface area is 108 Å². The van der Waals surface area contributed by atoms with E-state index < -0.39 is 22.9 Å². The maximum Gasteiger partial charge on any atom is 0.404 e. The number of rotatable bonds is 6. The number of nitro benzene ring substituents is 1. The molecule has 0 saturated carbocycles. The molecule has 7 nitrogen and oxygen atoms in total. The third-order valence-electron chi connectivity index (χ3n) is 2.09. The fourth-order valence-electron chi connectivity index (χ4n) is 1.40. The lowest BCUT2D eigenvalue weighted by atomic mass is 10.2. The lowest BCUT2D eigenvalue weighted by Gasteiger charge is -2.11. The van der Waals surface area contributed by atoms with Crippen molar-refractivity contribution in [2.45, 2.75) is 19.6 Å². The highest BCUT2D eigenvalue weighted by Gasteiger charge is 2.11. The summed E-state index contributed by atoms with van der Waals surface area (Å²) in [4.78, 5) is 20.3. The van der Waals surface area contributed by atoms with Gasteiger partial charge >= 0.3 is 6.09 Å². The van der Waals surface area contributed by atoms with Crippen molar-refractivity contribution in [3.05, 3.63) is 39.7 Å². The molecule has 0 aliphatic heterocycles. The first-order valence-electron chi connectivity index (χ1n) is 5.36. The standard InChI is InChI=1S/C11H13FN2O5/c1-7(19-11(13)15)5-18-6-8-2-9(12)4-10(3-8)14(16)17/h2-4,7H,5-6H2,1H3,(H2,13,15). The first-order valence-corrected chi connectivity index (χ1v) is 5.36. The van der Waals surface area contributed by atoms with Crippen LogP contribution in [0.25, 0.3) is 0 Å². The number of nitrogens with zero attached hydrogens (tertiary/aromatic N) is 1. The molecule has 1 atom stereocenters. The second-order valence-corrected chi connectivity index (χ2v) is 3.84. The van der Waals surface area contributed by atoms with Gasteiger partial charge in [-0.1, -0.05) is 0 Å². The molecule has 0 heterocycles. The molecule has 0 saturated heterocycles. The zero-order valence-corrected chi connectivity index (χ0v) is 10.2. The summed E-state index contributed by atoms with van der Waals surface area (Å²) in [7, 11) is 0. The normalized spacial score (nSPS) is 11.9. The predicted molar refractivity (Wildman–Crippen MR) is 62.8 cm³/mol. The molecule has 0 bridgehead atoms. The molecule has 8 heteroatoms. The van der Waals surface area contributed by atoms with Crippen molar-refractivity contribution >= 4 is 11.8 Å². The highest BCUT2D eigenvalue weighted by Crippen LogP contribution is 2.17. The van der Waals surface area contributed by atoms with Gasteiger partial charge in [0.05, 0.1) is 24.2 Å². The second kappa shape index (κ2) is 6.64. The van der Waals surface area contributed by atoms with E-state index in [2.05, 4.69) is 4.74 Å². The molecular formula is C11H13FN2O5. The molecule has 0 aliphatic rings. The van der Waals surface area contributed by atoms with E-state index in [1.54, 1.807) is 6.92 Å². The van der Waals surface area contributed by atoms with Gasteiger partial charge in [-0.2, -0.15) is 0 Å². The number of hydrogen-bond donors (Lipinski definition) is 1. The van der Waals surface area contributed by atoms with Crippen LogP contribution in [0.15, 0.2) is 18.2 Å². The summed E-state index contributed by atoms with van der Waals surface area (Å²) < 4.78 is 22.9. The smallest absolute Gasteiger partial charge is 0.404 e. The van der Waals surface area contributed by atoms with Crippen molar-refractivity contribution in [2.24, 2.45) is 5.73 Å². The van der Waals surface area contributed by atoms with Crippen LogP contribution in [-0.2, 0) is 16.1 Å². The molecule has 19 heavy (non-hydrogen) atoms. The van der Waals surface area contributed by atoms with Crippen LogP contribution in [0, 0.1) is 15.9 Å². The van der Waals surface area contributed by atoms with Crippen LogP contribution >= 0.6 is 0 Å². The van der Waals surface area contributed by atoms with Gasteiger partial charge in [0, 0.05) is 6.07 Å². The van der Waals surface area contributed by atoms with E-state index in [9.17, 15) is 19.3 Å². The zero-order chi connectivity index (χ0) is 14.4. The lowest BCUT2D eigenvalue weighted by Crippen LogP contribution is -2.24. The first kappa shape index (κ1) is 14.8. The van der Waals surface area contributed by atoms with E-state index >= 15 is 0 Å². The first-order chi connectivity index (χ1) is 8.88. The van der Waals surface area contributed by atoms with Crippen LogP contribution in [0.2, 0.25) is 0 Å². The Morgan fingerprint density at radius 3 is 2.79 bits per heavy atom. The van der Waals surface area contributed by atoms with Crippen LogP contribution < -0.4 is 5.73 Å². The Morgan fingerprint density at radius 1 is 1.53 bits per heavy atom. The Hall–Kier alpha value is -2.22. The Balaban J connectivity index is 2.53. The van der Waals surface area contributed by atoms with Gasteiger partial charge in [0.15, 0.2) is 0 Å². The molecule has 2 N–H and O–H groups in total. The monoisotopic (exact) mass is 272 g/mol. The summed E-state index contributed by atoms with van der Waals surface area (Å²) in [6.45, 7) is 1.58. The van der Waals surface area contributed by atoms with Crippen molar-refractivity contribution in [2.75, 3.05) is 6.61 Å². The van der Waals surface area contributed by atoms with Crippen molar-refractivity contribution in [3.63, 3.8) is 0 Å². The number of non-ortho nitro benzene ring substituents is 1. The minimum Gasteiger partial charge on any atom is -0.444 e. The zero-order valence-electron chi connectivity index (χ0n) is 10.2. The highest BCUT2D eigenvalue weighted by molar-refractivity contribution is 5.64. The summed E-state index contributed by atoms with van der Waals surface area (Å²) in [5, 5.41) is 10.5. The molecule has 1 amide bonds. The van der Waals surface area contributed by atoms with Gasteiger partial charge in [0.25, 0.3) is 5.69 Å². The average molecular weight is 272 g/mol. The van der Waals surface area contributed by atoms with Crippen LogP contribution in [0.1, 0.15) is 12.5 Å². The quantitative estimate of drug-likeness (QED) is 0.627. The van der Waals surface area contributed by atoms with E-state index in [4.69, 9.17) is 10.5 Å². The summed E-state index contributed by atoms with van der Waals surface area (Å²) in [5.74, 6) is -0.714. The number of nitrogens with two attached hydrogens (primary N) is 1. The maximum atomic E-state index is 13.1. The number of halogens is 1. The molecule has 1 unspecified atom stereocenters. The fourth-order valence-corrected chi connectivity index (χ4v) is 1.40. The van der Waals surface area contributed by atoms with Crippen LogP contribution in [0.5, 0.6) is 0 Å². The molecular weight excluding hydrogens is 259 g/mol. The molecule has 0 spiro atoms. The van der Waals surface area contributed by atoms with Crippen LogP contribution in [-0.4, -0.2) is 23.7 Å². The van der Waals surface area contributed by atoms with Gasteiger partial charge < -0.3 is 15.2 Å². The van der Waals surface area contributed by atoms with Gasteiger partial charge in [0.2, 0.25) is 0 Å². The number of carbonyl (C=O) groups excluding carboxylic acids is 1. The summed E-state index contributed by atoms with van der Waals surface area (Å²) in [6, 6.07) is 3.16. The van der Waals surface area contributed by atoms with Crippen LogP contribution in [0.4, 0.5) is 14.9 Å². The molecule has 1 rings (SSSR count). The number of carbonyl (C=O) groups is 1. The second-order valence-electron chi connectivity index (χ2n) is 3.84. The summed E-state index contributed by atoms with van der Waals surface area (Å²) in [5.41, 5.74) is 4.78. The molecule has 0 fully saturated rings. The van der Waals surface area contributed by atoms with E-state index in [1.807, 2.05) is 0 Å². The topological polar surface area (TPSA) is 105 Å². The Kier molecular flexibility index (Phi) is 5.19. The largest absolute Gasteiger partial charge is 0.444 e. The number of nitro groups is 1. The predicted octanol–water partition coefficient (Wildman–Crippen LogP) is 1.73.